The van der Waals surface area contributed by atoms with Crippen molar-refractivity contribution in [1.82, 2.24) is 4.31 Å². The normalized spacial score (nSPS) is 17.4. The molecule has 0 aliphatic carbocycles. The van der Waals surface area contributed by atoms with E-state index in [0.29, 0.717) is 36.6 Å². The molecule has 1 amide bonds. The molecule has 1 aliphatic heterocycles. The Bertz CT molecular complexity index is 1020. The van der Waals surface area contributed by atoms with Crippen LogP contribution in [-0.2, 0) is 14.8 Å². The van der Waals surface area contributed by atoms with Gasteiger partial charge in [-0.05, 0) is 49.6 Å². The molecule has 0 radical (unpaired) electrons. The van der Waals surface area contributed by atoms with E-state index in [4.69, 9.17) is 9.47 Å². The summed E-state index contributed by atoms with van der Waals surface area (Å²) in [6.45, 7) is 2.36. The predicted molar refractivity (Wildman–Crippen MR) is 116 cm³/mol. The minimum absolute atomic E-state index is 0.112. The molecule has 7 nitrogen and oxygen atoms in total. The quantitative estimate of drug-likeness (QED) is 0.701. The lowest BCUT2D eigenvalue weighted by atomic mass is 9.98. The van der Waals surface area contributed by atoms with Crippen molar-refractivity contribution in [1.29, 1.82) is 0 Å². The third-order valence-electron chi connectivity index (χ3n) is 5.44. The Hall–Kier alpha value is -2.58. The van der Waals surface area contributed by atoms with Crippen LogP contribution >= 0.6 is 0 Å². The summed E-state index contributed by atoms with van der Waals surface area (Å²) in [5, 5.41) is 0. The molecule has 3 rings (SSSR count). The molecule has 0 aromatic heterocycles. The zero-order valence-electron chi connectivity index (χ0n) is 17.8. The van der Waals surface area contributed by atoms with Crippen LogP contribution in [0.5, 0.6) is 11.5 Å². The van der Waals surface area contributed by atoms with E-state index in [1.165, 1.54) is 11.4 Å². The van der Waals surface area contributed by atoms with Crippen molar-refractivity contribution < 1.29 is 22.7 Å². The highest BCUT2D eigenvalue weighted by atomic mass is 32.2. The molecule has 1 atom stereocenters. The maximum atomic E-state index is 13.3. The smallest absolute Gasteiger partial charge is 0.246 e. The van der Waals surface area contributed by atoms with Gasteiger partial charge in [-0.3, -0.25) is 4.79 Å². The van der Waals surface area contributed by atoms with Gasteiger partial charge in [0.25, 0.3) is 0 Å². The Morgan fingerprint density at radius 3 is 2.60 bits per heavy atom. The average Bonchev–Trinajstić information content (AvgIpc) is 2.78. The minimum atomic E-state index is -3.78. The van der Waals surface area contributed by atoms with E-state index in [9.17, 15) is 13.2 Å². The van der Waals surface area contributed by atoms with Crippen LogP contribution in [0.4, 0.5) is 5.69 Å². The monoisotopic (exact) mass is 432 g/mol. The Labute approximate surface area is 178 Å². The summed E-state index contributed by atoms with van der Waals surface area (Å²) >= 11 is 0. The average molecular weight is 433 g/mol. The maximum absolute atomic E-state index is 13.3. The SMILES string of the molecule is COc1cccc(N(C)C(=O)C2CCCN(S(=O)(=O)c3cc(C)ccc3OC)C2)c1. The Kier molecular flexibility index (Phi) is 6.67. The molecule has 0 N–H and O–H groups in total. The van der Waals surface area contributed by atoms with Crippen LogP contribution in [0, 0.1) is 12.8 Å². The van der Waals surface area contributed by atoms with E-state index < -0.39 is 15.9 Å². The molecule has 1 fully saturated rings. The van der Waals surface area contributed by atoms with Crippen molar-refractivity contribution >= 4 is 21.6 Å². The molecule has 1 unspecified atom stereocenters. The molecule has 1 saturated heterocycles. The maximum Gasteiger partial charge on any atom is 0.246 e. The highest BCUT2D eigenvalue weighted by Gasteiger charge is 2.36. The second-order valence-corrected chi connectivity index (χ2v) is 9.36. The summed E-state index contributed by atoms with van der Waals surface area (Å²) in [6, 6.07) is 12.3. The highest BCUT2D eigenvalue weighted by Crippen LogP contribution is 2.31. The fraction of sp³-hybridized carbons (Fsp3) is 0.409. The van der Waals surface area contributed by atoms with Crippen molar-refractivity contribution in [2.45, 2.75) is 24.7 Å². The number of aryl methyl sites for hydroxylation is 1. The van der Waals surface area contributed by atoms with Crippen LogP contribution in [0.15, 0.2) is 47.4 Å². The van der Waals surface area contributed by atoms with Gasteiger partial charge in [0, 0.05) is 31.9 Å². The van der Waals surface area contributed by atoms with Crippen molar-refractivity contribution in [3.8, 4) is 11.5 Å². The summed E-state index contributed by atoms with van der Waals surface area (Å²) in [6.07, 6.45) is 1.26. The number of rotatable bonds is 6. The number of hydrogen-bond donors (Lipinski definition) is 0. The molecule has 1 aliphatic rings. The Balaban J connectivity index is 1.82. The Morgan fingerprint density at radius 1 is 1.13 bits per heavy atom. The zero-order valence-corrected chi connectivity index (χ0v) is 18.6. The molecule has 0 saturated carbocycles. The van der Waals surface area contributed by atoms with E-state index in [1.807, 2.05) is 31.2 Å². The first-order valence-corrected chi connectivity index (χ1v) is 11.3. The van der Waals surface area contributed by atoms with Gasteiger partial charge in [-0.25, -0.2) is 8.42 Å². The highest BCUT2D eigenvalue weighted by molar-refractivity contribution is 7.89. The number of amides is 1. The van der Waals surface area contributed by atoms with Gasteiger partial charge >= 0.3 is 0 Å². The lowest BCUT2D eigenvalue weighted by Crippen LogP contribution is -2.46. The molecular weight excluding hydrogens is 404 g/mol. The molecule has 2 aromatic rings. The van der Waals surface area contributed by atoms with E-state index in [0.717, 1.165) is 5.56 Å². The number of carbonyl (C=O) groups excluding carboxylic acids is 1. The van der Waals surface area contributed by atoms with Gasteiger partial charge in [-0.1, -0.05) is 12.1 Å². The number of anilines is 1. The molecule has 0 spiro atoms. The summed E-state index contributed by atoms with van der Waals surface area (Å²) in [7, 11) is 0.953. The van der Waals surface area contributed by atoms with Crippen LogP contribution in [0.25, 0.3) is 0 Å². The van der Waals surface area contributed by atoms with Gasteiger partial charge in [0.15, 0.2) is 0 Å². The first kappa shape index (κ1) is 22.1. The number of ether oxygens (including phenoxy) is 2. The van der Waals surface area contributed by atoms with Crippen molar-refractivity contribution in [2.24, 2.45) is 5.92 Å². The van der Waals surface area contributed by atoms with Gasteiger partial charge in [0.1, 0.15) is 16.4 Å². The van der Waals surface area contributed by atoms with Crippen LogP contribution in [0.1, 0.15) is 18.4 Å². The lowest BCUT2D eigenvalue weighted by molar-refractivity contribution is -0.123. The minimum Gasteiger partial charge on any atom is -0.497 e. The third-order valence-corrected chi connectivity index (χ3v) is 7.33. The zero-order chi connectivity index (χ0) is 21.9. The van der Waals surface area contributed by atoms with Crippen molar-refractivity contribution in [2.75, 3.05) is 39.3 Å². The number of piperidine rings is 1. The largest absolute Gasteiger partial charge is 0.497 e. The van der Waals surface area contributed by atoms with Crippen molar-refractivity contribution in [3.63, 3.8) is 0 Å². The van der Waals surface area contributed by atoms with E-state index in [-0.39, 0.29) is 17.3 Å². The van der Waals surface area contributed by atoms with Crippen LogP contribution in [0.3, 0.4) is 0 Å². The summed E-state index contributed by atoms with van der Waals surface area (Å²) in [5.74, 6) is 0.439. The molecule has 2 aromatic carbocycles. The molecule has 1 heterocycles. The fourth-order valence-electron chi connectivity index (χ4n) is 3.71. The van der Waals surface area contributed by atoms with Gasteiger partial charge in [0.05, 0.1) is 20.1 Å². The number of hydrogen-bond acceptors (Lipinski definition) is 5. The van der Waals surface area contributed by atoms with E-state index >= 15 is 0 Å². The summed E-state index contributed by atoms with van der Waals surface area (Å²) < 4.78 is 38.5. The number of methoxy groups -OCH3 is 2. The van der Waals surface area contributed by atoms with Gasteiger partial charge in [-0.15, -0.1) is 0 Å². The van der Waals surface area contributed by atoms with Gasteiger partial charge in [-0.2, -0.15) is 4.31 Å². The number of sulfonamides is 1. The second kappa shape index (κ2) is 9.06. The number of nitrogens with zero attached hydrogens (tertiary/aromatic N) is 2. The van der Waals surface area contributed by atoms with Crippen LogP contribution in [-0.4, -0.2) is 53.0 Å². The number of carbonyl (C=O) groups is 1. The standard InChI is InChI=1S/C22H28N2O5S/c1-16-10-11-20(29-4)21(13-16)30(26,27)24-12-6-7-17(15-24)22(25)23(2)18-8-5-9-19(14-18)28-3/h5,8-11,13-14,17H,6-7,12,15H2,1-4H3. The fourth-order valence-corrected chi connectivity index (χ4v) is 5.47. The Morgan fingerprint density at radius 2 is 1.90 bits per heavy atom. The first-order valence-electron chi connectivity index (χ1n) is 9.84. The molecule has 0 bridgehead atoms. The van der Waals surface area contributed by atoms with E-state index in [1.54, 1.807) is 37.3 Å². The van der Waals surface area contributed by atoms with Crippen molar-refractivity contribution in [3.05, 3.63) is 48.0 Å². The molecule has 8 heteroatoms. The lowest BCUT2D eigenvalue weighted by Gasteiger charge is -2.33. The topological polar surface area (TPSA) is 76.2 Å². The predicted octanol–water partition coefficient (Wildman–Crippen LogP) is 3.08. The molecular formula is C22H28N2O5S. The summed E-state index contributed by atoms with van der Waals surface area (Å²) in [5.41, 5.74) is 1.54. The first-order chi connectivity index (χ1) is 14.3. The second-order valence-electron chi connectivity index (χ2n) is 7.46. The van der Waals surface area contributed by atoms with Gasteiger partial charge in [0.2, 0.25) is 15.9 Å². The molecule has 162 valence electrons. The third kappa shape index (κ3) is 4.44. The van der Waals surface area contributed by atoms with Crippen LogP contribution < -0.4 is 14.4 Å². The van der Waals surface area contributed by atoms with E-state index in [2.05, 4.69) is 0 Å². The molecule has 30 heavy (non-hydrogen) atoms. The van der Waals surface area contributed by atoms with Crippen LogP contribution in [0.2, 0.25) is 0 Å². The summed E-state index contributed by atoms with van der Waals surface area (Å²) in [4.78, 5) is 14.8. The van der Waals surface area contributed by atoms with Gasteiger partial charge < -0.3 is 14.4 Å². The number of benzene rings is 2.